The van der Waals surface area contributed by atoms with Crippen molar-refractivity contribution in [2.75, 3.05) is 18.4 Å². The van der Waals surface area contributed by atoms with Gasteiger partial charge in [0.1, 0.15) is 10.5 Å². The number of piperidine rings is 1. The third-order valence-electron chi connectivity index (χ3n) is 4.96. The number of amides is 1. The summed E-state index contributed by atoms with van der Waals surface area (Å²) in [5, 5.41) is 20.4. The van der Waals surface area contributed by atoms with Gasteiger partial charge in [-0.15, -0.1) is 10.2 Å². The normalized spacial score (nSPS) is 16.2. The fourth-order valence-corrected chi connectivity index (χ4v) is 4.16. The largest absolute Gasteiger partial charge is 0.317 e. The second kappa shape index (κ2) is 7.58. The van der Waals surface area contributed by atoms with E-state index < -0.39 is 5.54 Å². The number of aromatic nitrogens is 4. The number of nitrogens with zero attached hydrogens (tertiary/aromatic N) is 4. The molecule has 140 valence electrons. The Balaban J connectivity index is 1.49. The average molecular weight is 382 g/mol. The molecule has 7 nitrogen and oxygen atoms in total. The van der Waals surface area contributed by atoms with Gasteiger partial charge in [0.2, 0.25) is 5.13 Å². The van der Waals surface area contributed by atoms with Gasteiger partial charge in [0.15, 0.2) is 0 Å². The molecule has 2 aromatic heterocycles. The molecular weight excluding hydrogens is 360 g/mol. The minimum absolute atomic E-state index is 0.0780. The van der Waals surface area contributed by atoms with E-state index in [1.807, 2.05) is 12.3 Å². The first-order valence-corrected chi connectivity index (χ1v) is 9.88. The summed E-state index contributed by atoms with van der Waals surface area (Å²) in [6.07, 6.45) is 5.66. The number of hydrogen-bond donors (Lipinski definition) is 2. The second-order valence-electron chi connectivity index (χ2n) is 6.85. The summed E-state index contributed by atoms with van der Waals surface area (Å²) in [7, 11) is 0. The van der Waals surface area contributed by atoms with Crippen molar-refractivity contribution in [1.82, 2.24) is 25.3 Å². The zero-order valence-corrected chi connectivity index (χ0v) is 16.0. The van der Waals surface area contributed by atoms with Gasteiger partial charge in [0.25, 0.3) is 5.91 Å². The Hall–Kier alpha value is -2.58. The first-order valence-electron chi connectivity index (χ1n) is 9.06. The lowest BCUT2D eigenvalue weighted by Crippen LogP contribution is -2.52. The summed E-state index contributed by atoms with van der Waals surface area (Å²) in [5.74, 6) is -0.0780. The van der Waals surface area contributed by atoms with Gasteiger partial charge in [-0.05, 0) is 44.5 Å². The topological polar surface area (TPSA) is 84.7 Å². The average Bonchev–Trinajstić information content (AvgIpc) is 3.37. The van der Waals surface area contributed by atoms with E-state index in [-0.39, 0.29) is 5.91 Å². The molecule has 3 aromatic rings. The van der Waals surface area contributed by atoms with Crippen LogP contribution in [0.2, 0.25) is 0 Å². The second-order valence-corrected chi connectivity index (χ2v) is 7.91. The fraction of sp³-hybridized carbons (Fsp3) is 0.368. The molecule has 8 heteroatoms. The highest BCUT2D eigenvalue weighted by atomic mass is 32.1. The highest BCUT2D eigenvalue weighted by molar-refractivity contribution is 7.15. The summed E-state index contributed by atoms with van der Waals surface area (Å²) in [4.78, 5) is 13.1. The van der Waals surface area contributed by atoms with Crippen LogP contribution < -0.4 is 10.6 Å². The Morgan fingerprint density at radius 1 is 1.26 bits per heavy atom. The molecule has 1 aliphatic rings. The molecule has 1 aromatic carbocycles. The molecule has 0 atom stereocenters. The summed E-state index contributed by atoms with van der Waals surface area (Å²) >= 11 is 1.42. The number of hydrogen-bond acceptors (Lipinski definition) is 6. The zero-order valence-electron chi connectivity index (χ0n) is 15.2. The molecule has 3 heterocycles. The van der Waals surface area contributed by atoms with Crippen molar-refractivity contribution in [3.63, 3.8) is 0 Å². The number of anilines is 1. The number of nitrogens with one attached hydrogen (secondary N) is 2. The Morgan fingerprint density at radius 3 is 2.74 bits per heavy atom. The molecule has 0 saturated carbocycles. The van der Waals surface area contributed by atoms with E-state index in [2.05, 4.69) is 57.1 Å². The van der Waals surface area contributed by atoms with Crippen LogP contribution in [0.15, 0.2) is 42.7 Å². The van der Waals surface area contributed by atoms with Crippen LogP contribution in [0, 0.1) is 6.92 Å². The minimum Gasteiger partial charge on any atom is -0.317 e. The molecule has 4 rings (SSSR count). The lowest BCUT2D eigenvalue weighted by Gasteiger charge is -2.36. The molecule has 27 heavy (non-hydrogen) atoms. The molecule has 0 unspecified atom stereocenters. The van der Waals surface area contributed by atoms with Crippen molar-refractivity contribution in [2.45, 2.75) is 31.7 Å². The van der Waals surface area contributed by atoms with Gasteiger partial charge in [0.05, 0.1) is 0 Å². The first-order chi connectivity index (χ1) is 13.2. The van der Waals surface area contributed by atoms with E-state index in [0.29, 0.717) is 24.4 Å². The minimum atomic E-state index is -0.683. The molecule has 0 aliphatic carbocycles. The molecule has 1 aliphatic heterocycles. The summed E-state index contributed by atoms with van der Waals surface area (Å²) in [6, 6.07) is 10.2. The summed E-state index contributed by atoms with van der Waals surface area (Å²) < 4.78 is 1.78. The standard InChI is InChI=1S/C19H22N6OS/c1-14-3-5-15(6-4-14)13-16-23-24-18(27-16)22-17(26)19(7-10-20-11-8-19)25-12-2-9-21-25/h2-6,9,12,20H,7-8,10-11,13H2,1H3,(H,22,24,26). The van der Waals surface area contributed by atoms with Gasteiger partial charge >= 0.3 is 0 Å². The number of benzene rings is 1. The van der Waals surface area contributed by atoms with E-state index in [9.17, 15) is 4.79 Å². The highest BCUT2D eigenvalue weighted by Crippen LogP contribution is 2.29. The third kappa shape index (κ3) is 3.77. The lowest BCUT2D eigenvalue weighted by molar-refractivity contribution is -0.126. The smallest absolute Gasteiger partial charge is 0.254 e. The first kappa shape index (κ1) is 17.8. The van der Waals surface area contributed by atoms with Crippen molar-refractivity contribution < 1.29 is 4.79 Å². The van der Waals surface area contributed by atoms with Crippen molar-refractivity contribution in [1.29, 1.82) is 0 Å². The molecule has 0 bridgehead atoms. The van der Waals surface area contributed by atoms with E-state index in [0.717, 1.165) is 18.1 Å². The Bertz CT molecular complexity index is 897. The van der Waals surface area contributed by atoms with Crippen molar-refractivity contribution in [2.24, 2.45) is 0 Å². The molecule has 1 fully saturated rings. The van der Waals surface area contributed by atoms with Crippen LogP contribution in [0.25, 0.3) is 0 Å². The fourth-order valence-electron chi connectivity index (χ4n) is 3.39. The highest BCUT2D eigenvalue weighted by Gasteiger charge is 2.42. The number of aryl methyl sites for hydroxylation is 1. The third-order valence-corrected chi connectivity index (χ3v) is 5.80. The lowest BCUT2D eigenvalue weighted by atomic mass is 9.87. The van der Waals surface area contributed by atoms with Gasteiger partial charge in [0, 0.05) is 18.8 Å². The van der Waals surface area contributed by atoms with Gasteiger partial charge in [-0.1, -0.05) is 41.2 Å². The Morgan fingerprint density at radius 2 is 2.04 bits per heavy atom. The van der Waals surface area contributed by atoms with Gasteiger partial charge in [-0.3, -0.25) is 14.8 Å². The predicted molar refractivity (Wildman–Crippen MR) is 105 cm³/mol. The zero-order chi connectivity index (χ0) is 18.7. The van der Waals surface area contributed by atoms with E-state index in [4.69, 9.17) is 0 Å². The van der Waals surface area contributed by atoms with Crippen molar-refractivity contribution >= 4 is 22.4 Å². The molecule has 2 N–H and O–H groups in total. The maximum Gasteiger partial charge on any atom is 0.254 e. The number of carbonyl (C=O) groups excluding carboxylic acids is 1. The van der Waals surface area contributed by atoms with Crippen LogP contribution in [0.3, 0.4) is 0 Å². The number of carbonyl (C=O) groups is 1. The maximum atomic E-state index is 13.1. The summed E-state index contributed by atoms with van der Waals surface area (Å²) in [5.41, 5.74) is 1.73. The van der Waals surface area contributed by atoms with E-state index >= 15 is 0 Å². The Labute approximate surface area is 161 Å². The SMILES string of the molecule is Cc1ccc(Cc2nnc(NC(=O)C3(n4cccn4)CCNCC3)s2)cc1. The van der Waals surface area contributed by atoms with Crippen LogP contribution in [-0.4, -0.2) is 39.0 Å². The van der Waals surface area contributed by atoms with Crippen LogP contribution >= 0.6 is 11.3 Å². The van der Waals surface area contributed by atoms with Gasteiger partial charge < -0.3 is 5.32 Å². The molecule has 1 amide bonds. The van der Waals surface area contributed by atoms with Crippen molar-refractivity contribution in [3.8, 4) is 0 Å². The van der Waals surface area contributed by atoms with Gasteiger partial charge in [-0.2, -0.15) is 5.10 Å². The van der Waals surface area contributed by atoms with Crippen LogP contribution in [0.4, 0.5) is 5.13 Å². The monoisotopic (exact) mass is 382 g/mol. The quantitative estimate of drug-likeness (QED) is 0.708. The Kier molecular flexibility index (Phi) is 5.00. The van der Waals surface area contributed by atoms with Crippen LogP contribution in [0.1, 0.15) is 29.0 Å². The van der Waals surface area contributed by atoms with Gasteiger partial charge in [-0.25, -0.2) is 0 Å². The van der Waals surface area contributed by atoms with Crippen LogP contribution in [-0.2, 0) is 16.8 Å². The predicted octanol–water partition coefficient (Wildman–Crippen LogP) is 2.35. The van der Waals surface area contributed by atoms with Crippen LogP contribution in [0.5, 0.6) is 0 Å². The molecule has 1 saturated heterocycles. The number of rotatable bonds is 5. The molecule has 0 spiro atoms. The summed E-state index contributed by atoms with van der Waals surface area (Å²) in [6.45, 7) is 3.63. The molecule has 0 radical (unpaired) electrons. The van der Waals surface area contributed by atoms with E-state index in [1.165, 1.54) is 22.5 Å². The maximum absolute atomic E-state index is 13.1. The molecular formula is C19H22N6OS. The van der Waals surface area contributed by atoms with E-state index in [1.54, 1.807) is 10.9 Å². The van der Waals surface area contributed by atoms with Crippen molar-refractivity contribution in [3.05, 3.63) is 58.9 Å².